The molecule has 0 aliphatic heterocycles. The lowest BCUT2D eigenvalue weighted by molar-refractivity contribution is -0.138. The van der Waals surface area contributed by atoms with E-state index in [1.54, 1.807) is 6.92 Å². The maximum absolute atomic E-state index is 11.5. The number of carbonyl (C=O) groups is 2. The molecule has 0 bridgehead atoms. The topological polar surface area (TPSA) is 43.4 Å². The number of carbonyl (C=O) groups excluding carboxylic acids is 2. The van der Waals surface area contributed by atoms with Crippen LogP contribution in [-0.2, 0) is 14.3 Å². The average Bonchev–Trinajstić information content (AvgIpc) is 2.12. The molecular weight excluding hydrogens is 168 g/mol. The van der Waals surface area contributed by atoms with E-state index in [1.807, 2.05) is 13.8 Å². The van der Waals surface area contributed by atoms with E-state index in [2.05, 4.69) is 11.3 Å². The zero-order valence-corrected chi connectivity index (χ0v) is 8.59. The number of Topliss-reactive ketones (excluding diaryl/α,β-unsaturated/α-hetero) is 1. The number of rotatable bonds is 4. The second-order valence-corrected chi connectivity index (χ2v) is 3.37. The highest BCUT2D eigenvalue weighted by atomic mass is 16.5. The van der Waals surface area contributed by atoms with Crippen molar-refractivity contribution in [2.24, 2.45) is 11.8 Å². The lowest BCUT2D eigenvalue weighted by atomic mass is 9.90. The molecule has 0 saturated carbocycles. The van der Waals surface area contributed by atoms with Gasteiger partial charge in [-0.2, -0.15) is 0 Å². The van der Waals surface area contributed by atoms with Crippen molar-refractivity contribution in [1.29, 1.82) is 0 Å². The highest BCUT2D eigenvalue weighted by Gasteiger charge is 2.23. The van der Waals surface area contributed by atoms with E-state index in [1.165, 1.54) is 7.11 Å². The normalized spacial score (nSPS) is 12.4. The third-order valence-corrected chi connectivity index (χ3v) is 2.14. The second kappa shape index (κ2) is 4.80. The van der Waals surface area contributed by atoms with Crippen LogP contribution < -0.4 is 0 Å². The summed E-state index contributed by atoms with van der Waals surface area (Å²) in [4.78, 5) is 22.4. The number of hydrogen-bond donors (Lipinski definition) is 0. The van der Waals surface area contributed by atoms with E-state index < -0.39 is 5.97 Å². The standard InChI is InChI=1S/C10H16O3/c1-6(2)7(3)9(11)8(4)10(12)13-5/h6-7H,4H2,1-3,5H3/t7-/m1/s1. The van der Waals surface area contributed by atoms with Gasteiger partial charge in [0.15, 0.2) is 5.78 Å². The van der Waals surface area contributed by atoms with E-state index in [0.29, 0.717) is 0 Å². The molecule has 0 aromatic rings. The highest BCUT2D eigenvalue weighted by Crippen LogP contribution is 2.15. The number of ketones is 1. The molecule has 0 rings (SSSR count). The molecule has 1 atom stereocenters. The van der Waals surface area contributed by atoms with Crippen LogP contribution in [0.25, 0.3) is 0 Å². The first-order valence-electron chi connectivity index (χ1n) is 4.23. The molecule has 0 saturated heterocycles. The Balaban J connectivity index is 4.44. The lowest BCUT2D eigenvalue weighted by Crippen LogP contribution is -2.23. The number of hydrogen-bond acceptors (Lipinski definition) is 3. The summed E-state index contributed by atoms with van der Waals surface area (Å²) in [5.74, 6) is -0.861. The maximum Gasteiger partial charge on any atom is 0.340 e. The monoisotopic (exact) mass is 184 g/mol. The van der Waals surface area contributed by atoms with Crippen LogP contribution in [0.3, 0.4) is 0 Å². The first kappa shape index (κ1) is 11.9. The van der Waals surface area contributed by atoms with Crippen LogP contribution in [0.5, 0.6) is 0 Å². The molecule has 0 aliphatic carbocycles. The van der Waals surface area contributed by atoms with Gasteiger partial charge in [-0.05, 0) is 5.92 Å². The van der Waals surface area contributed by atoms with Crippen LogP contribution in [0.1, 0.15) is 20.8 Å². The minimum absolute atomic E-state index is 0.0660. The molecular formula is C10H16O3. The minimum Gasteiger partial charge on any atom is -0.465 e. The predicted molar refractivity (Wildman–Crippen MR) is 50.2 cm³/mol. The summed E-state index contributed by atoms with van der Waals surface area (Å²) in [5.41, 5.74) is -0.0660. The number of esters is 1. The van der Waals surface area contributed by atoms with Crippen molar-refractivity contribution in [3.63, 3.8) is 0 Å². The molecule has 0 heterocycles. The summed E-state index contributed by atoms with van der Waals surface area (Å²) in [5, 5.41) is 0. The van der Waals surface area contributed by atoms with Gasteiger partial charge in [0.1, 0.15) is 0 Å². The Bertz CT molecular complexity index is 228. The number of ether oxygens (including phenoxy) is 1. The van der Waals surface area contributed by atoms with Crippen LogP contribution >= 0.6 is 0 Å². The Kier molecular flexibility index (Phi) is 4.38. The van der Waals surface area contributed by atoms with Gasteiger partial charge >= 0.3 is 5.97 Å². The fourth-order valence-corrected chi connectivity index (χ4v) is 0.801. The van der Waals surface area contributed by atoms with Gasteiger partial charge in [0.25, 0.3) is 0 Å². The molecule has 3 nitrogen and oxygen atoms in total. The molecule has 0 amide bonds. The van der Waals surface area contributed by atoms with E-state index in [0.717, 1.165) is 0 Å². The third-order valence-electron chi connectivity index (χ3n) is 2.14. The Hall–Kier alpha value is -1.12. The van der Waals surface area contributed by atoms with E-state index >= 15 is 0 Å². The van der Waals surface area contributed by atoms with Gasteiger partial charge in [-0.25, -0.2) is 4.79 Å². The molecule has 0 aliphatic rings. The third kappa shape index (κ3) is 3.01. The van der Waals surface area contributed by atoms with Crippen molar-refractivity contribution in [3.05, 3.63) is 12.2 Å². The SMILES string of the molecule is C=C(C(=O)OC)C(=O)[C@H](C)C(C)C. The van der Waals surface area contributed by atoms with Crippen molar-refractivity contribution in [1.82, 2.24) is 0 Å². The highest BCUT2D eigenvalue weighted by molar-refractivity contribution is 6.17. The van der Waals surface area contributed by atoms with Crippen LogP contribution in [0.2, 0.25) is 0 Å². The van der Waals surface area contributed by atoms with Gasteiger partial charge < -0.3 is 4.74 Å². The van der Waals surface area contributed by atoms with E-state index in [4.69, 9.17) is 0 Å². The fraction of sp³-hybridized carbons (Fsp3) is 0.600. The lowest BCUT2D eigenvalue weighted by Gasteiger charge is -2.14. The van der Waals surface area contributed by atoms with Gasteiger partial charge in [-0.3, -0.25) is 4.79 Å². The van der Waals surface area contributed by atoms with E-state index in [9.17, 15) is 9.59 Å². The van der Waals surface area contributed by atoms with Gasteiger partial charge in [-0.15, -0.1) is 0 Å². The zero-order chi connectivity index (χ0) is 10.6. The van der Waals surface area contributed by atoms with Crippen LogP contribution in [0.15, 0.2) is 12.2 Å². The molecule has 74 valence electrons. The summed E-state index contributed by atoms with van der Waals surface area (Å²) in [6.07, 6.45) is 0. The van der Waals surface area contributed by atoms with Gasteiger partial charge in [0.2, 0.25) is 0 Å². The van der Waals surface area contributed by atoms with Gasteiger partial charge in [0, 0.05) is 5.92 Å². The molecule has 0 aromatic carbocycles. The molecule has 13 heavy (non-hydrogen) atoms. The first-order valence-corrected chi connectivity index (χ1v) is 4.23. The Morgan fingerprint density at radius 3 is 2.00 bits per heavy atom. The van der Waals surface area contributed by atoms with Crippen LogP contribution in [0, 0.1) is 11.8 Å². The van der Waals surface area contributed by atoms with Gasteiger partial charge in [0.05, 0.1) is 12.7 Å². The first-order chi connectivity index (χ1) is 5.91. The van der Waals surface area contributed by atoms with Crippen molar-refractivity contribution < 1.29 is 14.3 Å². The second-order valence-electron chi connectivity index (χ2n) is 3.37. The van der Waals surface area contributed by atoms with Crippen molar-refractivity contribution >= 4 is 11.8 Å². The Labute approximate surface area is 78.8 Å². The molecule has 0 spiro atoms. The minimum atomic E-state index is -0.641. The summed E-state index contributed by atoms with van der Waals surface area (Å²) >= 11 is 0. The molecule has 0 radical (unpaired) electrons. The van der Waals surface area contributed by atoms with Gasteiger partial charge in [-0.1, -0.05) is 27.4 Å². The summed E-state index contributed by atoms with van der Waals surface area (Å²) in [7, 11) is 1.24. The molecule has 0 N–H and O–H groups in total. The summed E-state index contributed by atoms with van der Waals surface area (Å²) < 4.78 is 4.40. The van der Waals surface area contributed by atoms with Crippen molar-refractivity contribution in [2.45, 2.75) is 20.8 Å². The Morgan fingerprint density at radius 1 is 1.23 bits per heavy atom. The van der Waals surface area contributed by atoms with Crippen LogP contribution in [0.4, 0.5) is 0 Å². The smallest absolute Gasteiger partial charge is 0.340 e. The zero-order valence-electron chi connectivity index (χ0n) is 8.59. The van der Waals surface area contributed by atoms with Crippen LogP contribution in [-0.4, -0.2) is 18.9 Å². The summed E-state index contributed by atoms with van der Waals surface area (Å²) in [6, 6.07) is 0. The average molecular weight is 184 g/mol. The number of methoxy groups -OCH3 is 1. The predicted octanol–water partition coefficient (Wildman–Crippen LogP) is 1.58. The molecule has 0 aromatic heterocycles. The van der Waals surface area contributed by atoms with Crippen molar-refractivity contribution in [3.8, 4) is 0 Å². The van der Waals surface area contributed by atoms with E-state index in [-0.39, 0.29) is 23.2 Å². The quantitative estimate of drug-likeness (QED) is 0.288. The van der Waals surface area contributed by atoms with Crippen molar-refractivity contribution in [2.75, 3.05) is 7.11 Å². The molecule has 0 fully saturated rings. The Morgan fingerprint density at radius 2 is 1.69 bits per heavy atom. The maximum atomic E-state index is 11.5. The summed E-state index contributed by atoms with van der Waals surface area (Å²) in [6.45, 7) is 9.03. The molecule has 0 unspecified atom stereocenters. The fourth-order valence-electron chi connectivity index (χ4n) is 0.801. The molecule has 3 heteroatoms. The largest absolute Gasteiger partial charge is 0.465 e.